The van der Waals surface area contributed by atoms with Crippen LogP contribution in [0, 0.1) is 17.1 Å². The lowest BCUT2D eigenvalue weighted by molar-refractivity contribution is 0.464. The van der Waals surface area contributed by atoms with Crippen LogP contribution in [0.5, 0.6) is 5.75 Å². The Morgan fingerprint density at radius 2 is 2.25 bits per heavy atom. The number of phenolic OH excluding ortho intramolecular Hbond substituents is 1. The summed E-state index contributed by atoms with van der Waals surface area (Å²) in [6.45, 7) is 0. The molecule has 0 spiro atoms. The smallest absolute Gasteiger partial charge is 0.132 e. The molecule has 1 rings (SSSR count). The molecular formula is C8H5BrFNO. The molecular weight excluding hydrogens is 225 g/mol. The fourth-order valence-corrected chi connectivity index (χ4v) is 1.21. The van der Waals surface area contributed by atoms with E-state index in [2.05, 4.69) is 15.9 Å². The highest BCUT2D eigenvalue weighted by Gasteiger charge is 2.06. The molecule has 1 N–H and O–H groups in total. The van der Waals surface area contributed by atoms with E-state index in [1.807, 2.05) is 6.07 Å². The number of hydrogen-bond donors (Lipinski definition) is 1. The van der Waals surface area contributed by atoms with Crippen LogP contribution in [0.2, 0.25) is 0 Å². The average Bonchev–Trinajstić information content (AvgIpc) is 2.00. The van der Waals surface area contributed by atoms with Gasteiger partial charge >= 0.3 is 0 Å². The lowest BCUT2D eigenvalue weighted by Gasteiger charge is -2.01. The second-order valence-corrected chi connectivity index (χ2v) is 3.03. The summed E-state index contributed by atoms with van der Waals surface area (Å²) in [5.41, 5.74) is 0.454. The minimum Gasteiger partial charge on any atom is -0.507 e. The van der Waals surface area contributed by atoms with Crippen LogP contribution in [-0.2, 0) is 6.42 Å². The van der Waals surface area contributed by atoms with E-state index < -0.39 is 5.82 Å². The second-order valence-electron chi connectivity index (χ2n) is 2.23. The summed E-state index contributed by atoms with van der Waals surface area (Å²) < 4.78 is 13.0. The zero-order valence-corrected chi connectivity index (χ0v) is 7.60. The predicted molar refractivity (Wildman–Crippen MR) is 45.1 cm³/mol. The lowest BCUT2D eigenvalue weighted by atomic mass is 10.1. The van der Waals surface area contributed by atoms with Crippen LogP contribution in [0.4, 0.5) is 4.39 Å². The van der Waals surface area contributed by atoms with Gasteiger partial charge < -0.3 is 5.11 Å². The highest BCUT2D eigenvalue weighted by Crippen LogP contribution is 2.28. The van der Waals surface area contributed by atoms with Gasteiger partial charge in [0, 0.05) is 6.07 Å². The molecule has 0 aliphatic rings. The molecule has 1 aromatic rings. The van der Waals surface area contributed by atoms with Crippen LogP contribution in [0.25, 0.3) is 0 Å². The first-order valence-electron chi connectivity index (χ1n) is 3.19. The summed E-state index contributed by atoms with van der Waals surface area (Å²) in [6.07, 6.45) is 0.0753. The fourth-order valence-electron chi connectivity index (χ4n) is 0.844. The van der Waals surface area contributed by atoms with Crippen LogP contribution in [-0.4, -0.2) is 5.11 Å². The third-order valence-corrected chi connectivity index (χ3v) is 2.28. The molecule has 0 heterocycles. The van der Waals surface area contributed by atoms with E-state index in [4.69, 9.17) is 10.4 Å². The number of halogens is 2. The second kappa shape index (κ2) is 3.55. The Labute approximate surface area is 77.4 Å². The monoisotopic (exact) mass is 229 g/mol. The zero-order valence-electron chi connectivity index (χ0n) is 6.01. The van der Waals surface area contributed by atoms with Crippen molar-refractivity contribution in [3.8, 4) is 11.8 Å². The number of nitriles is 1. The standard InChI is InChI=1S/C8H5BrFNO/c9-8-5(1-2-11)3-6(10)4-7(8)12/h3-4,12H,1H2. The summed E-state index contributed by atoms with van der Waals surface area (Å²) in [5.74, 6) is -0.721. The summed E-state index contributed by atoms with van der Waals surface area (Å²) in [6, 6.07) is 4.08. The van der Waals surface area contributed by atoms with E-state index in [1.54, 1.807) is 0 Å². The Hall–Kier alpha value is -1.08. The first-order chi connectivity index (χ1) is 5.65. The van der Waals surface area contributed by atoms with Crippen molar-refractivity contribution in [2.24, 2.45) is 0 Å². The van der Waals surface area contributed by atoms with Crippen LogP contribution in [0.3, 0.4) is 0 Å². The largest absolute Gasteiger partial charge is 0.507 e. The number of benzene rings is 1. The summed E-state index contributed by atoms with van der Waals surface area (Å²) in [7, 11) is 0. The van der Waals surface area contributed by atoms with Gasteiger partial charge in [-0.1, -0.05) is 0 Å². The number of aromatic hydroxyl groups is 1. The molecule has 0 atom stereocenters. The van der Waals surface area contributed by atoms with Gasteiger partial charge in [0.15, 0.2) is 0 Å². The van der Waals surface area contributed by atoms with E-state index in [0.29, 0.717) is 10.0 Å². The molecule has 0 radical (unpaired) electrons. The van der Waals surface area contributed by atoms with E-state index in [1.165, 1.54) is 6.07 Å². The summed E-state index contributed by atoms with van der Waals surface area (Å²) in [5, 5.41) is 17.5. The van der Waals surface area contributed by atoms with Crippen molar-refractivity contribution in [3.05, 3.63) is 28.0 Å². The molecule has 12 heavy (non-hydrogen) atoms. The SMILES string of the molecule is N#CCc1cc(F)cc(O)c1Br. The first-order valence-corrected chi connectivity index (χ1v) is 3.98. The highest BCUT2D eigenvalue weighted by molar-refractivity contribution is 9.10. The Morgan fingerprint density at radius 1 is 1.58 bits per heavy atom. The van der Waals surface area contributed by atoms with Gasteiger partial charge in [-0.25, -0.2) is 4.39 Å². The minimum absolute atomic E-state index is 0.0753. The summed E-state index contributed by atoms with van der Waals surface area (Å²) >= 11 is 3.05. The molecule has 0 saturated heterocycles. The van der Waals surface area contributed by atoms with Gasteiger partial charge in [0.2, 0.25) is 0 Å². The molecule has 0 amide bonds. The zero-order chi connectivity index (χ0) is 9.14. The molecule has 0 unspecified atom stereocenters. The Kier molecular flexibility index (Phi) is 2.66. The van der Waals surface area contributed by atoms with Crippen molar-refractivity contribution >= 4 is 15.9 Å². The number of rotatable bonds is 1. The highest BCUT2D eigenvalue weighted by atomic mass is 79.9. The first kappa shape index (κ1) is 9.01. The molecule has 62 valence electrons. The number of nitrogens with zero attached hydrogens (tertiary/aromatic N) is 1. The normalized spacial score (nSPS) is 9.42. The van der Waals surface area contributed by atoms with Gasteiger partial charge in [-0.15, -0.1) is 0 Å². The fraction of sp³-hybridized carbons (Fsp3) is 0.125. The Bertz CT molecular complexity index is 346. The molecule has 0 aliphatic carbocycles. The third kappa shape index (κ3) is 1.74. The van der Waals surface area contributed by atoms with E-state index >= 15 is 0 Å². The molecule has 1 aromatic carbocycles. The van der Waals surface area contributed by atoms with E-state index in [-0.39, 0.29) is 12.2 Å². The van der Waals surface area contributed by atoms with Crippen molar-refractivity contribution in [1.29, 1.82) is 5.26 Å². The molecule has 0 fully saturated rings. The van der Waals surface area contributed by atoms with Crippen molar-refractivity contribution in [1.82, 2.24) is 0 Å². The van der Waals surface area contributed by atoms with E-state index in [0.717, 1.165) is 6.07 Å². The van der Waals surface area contributed by atoms with Crippen LogP contribution >= 0.6 is 15.9 Å². The van der Waals surface area contributed by atoms with Gasteiger partial charge in [0.25, 0.3) is 0 Å². The van der Waals surface area contributed by atoms with Gasteiger partial charge in [-0.05, 0) is 27.6 Å². The molecule has 0 aromatic heterocycles. The molecule has 0 bridgehead atoms. The quantitative estimate of drug-likeness (QED) is 0.804. The van der Waals surface area contributed by atoms with Gasteiger partial charge in [0.1, 0.15) is 11.6 Å². The van der Waals surface area contributed by atoms with Gasteiger partial charge in [-0.3, -0.25) is 0 Å². The molecule has 2 nitrogen and oxygen atoms in total. The van der Waals surface area contributed by atoms with Crippen LogP contribution in [0.1, 0.15) is 5.56 Å². The van der Waals surface area contributed by atoms with E-state index in [9.17, 15) is 4.39 Å². The Balaban J connectivity index is 3.20. The topological polar surface area (TPSA) is 44.0 Å². The molecule has 0 aliphatic heterocycles. The van der Waals surface area contributed by atoms with Gasteiger partial charge in [-0.2, -0.15) is 5.26 Å². The maximum absolute atomic E-state index is 12.6. The molecule has 0 saturated carbocycles. The maximum atomic E-state index is 12.6. The van der Waals surface area contributed by atoms with Crippen molar-refractivity contribution < 1.29 is 9.50 Å². The maximum Gasteiger partial charge on any atom is 0.132 e. The summed E-state index contributed by atoms with van der Waals surface area (Å²) in [4.78, 5) is 0. The van der Waals surface area contributed by atoms with Crippen LogP contribution in [0.15, 0.2) is 16.6 Å². The third-order valence-electron chi connectivity index (χ3n) is 1.36. The number of phenols is 1. The number of hydrogen-bond acceptors (Lipinski definition) is 2. The van der Waals surface area contributed by atoms with Crippen LogP contribution < -0.4 is 0 Å². The minimum atomic E-state index is -0.541. The molecule has 4 heteroatoms. The van der Waals surface area contributed by atoms with Crippen molar-refractivity contribution in [2.75, 3.05) is 0 Å². The average molecular weight is 230 g/mol. The van der Waals surface area contributed by atoms with Crippen molar-refractivity contribution in [3.63, 3.8) is 0 Å². The lowest BCUT2D eigenvalue weighted by Crippen LogP contribution is -1.86. The van der Waals surface area contributed by atoms with Gasteiger partial charge in [0.05, 0.1) is 17.0 Å². The Morgan fingerprint density at radius 3 is 2.83 bits per heavy atom. The van der Waals surface area contributed by atoms with Crippen molar-refractivity contribution in [2.45, 2.75) is 6.42 Å². The predicted octanol–water partition coefficient (Wildman–Crippen LogP) is 2.36.